The Kier molecular flexibility index (Phi) is 2.19. The van der Waals surface area contributed by atoms with Crippen molar-refractivity contribution >= 4 is 0 Å². The molecule has 14 heavy (non-hydrogen) atoms. The number of aliphatic hydroxyl groups is 1. The predicted molar refractivity (Wildman–Crippen MR) is 47.1 cm³/mol. The smallest absolute Gasteiger partial charge is 0.141 e. The minimum absolute atomic E-state index is 0.478. The van der Waals surface area contributed by atoms with E-state index < -0.39 is 6.10 Å². The van der Waals surface area contributed by atoms with Crippen molar-refractivity contribution in [3.8, 4) is 0 Å². The van der Waals surface area contributed by atoms with E-state index in [4.69, 9.17) is 0 Å². The molecule has 2 heterocycles. The quantitative estimate of drug-likeness (QED) is 0.704. The second-order valence-electron chi connectivity index (χ2n) is 2.85. The highest BCUT2D eigenvalue weighted by atomic mass is 16.3. The molecule has 0 amide bonds. The zero-order chi connectivity index (χ0) is 9.97. The van der Waals surface area contributed by atoms with Gasteiger partial charge in [-0.1, -0.05) is 5.21 Å². The Morgan fingerprint density at radius 2 is 2.29 bits per heavy atom. The summed E-state index contributed by atoms with van der Waals surface area (Å²) in [5.74, 6) is 0. The molecule has 2 rings (SSSR count). The number of aryl methyl sites for hydroxylation is 1. The monoisotopic (exact) mass is 191 g/mol. The molecule has 6 heteroatoms. The number of rotatable bonds is 2. The first-order valence-corrected chi connectivity index (χ1v) is 4.07. The van der Waals surface area contributed by atoms with Gasteiger partial charge in [-0.05, 0) is 6.07 Å². The molecular weight excluding hydrogens is 182 g/mol. The van der Waals surface area contributed by atoms with Gasteiger partial charge in [-0.3, -0.25) is 4.68 Å². The molecule has 0 radical (unpaired) electrons. The van der Waals surface area contributed by atoms with Crippen LogP contribution in [0.15, 0.2) is 24.8 Å². The number of hydrogen-bond donors (Lipinski definition) is 1. The molecule has 1 N–H and O–H groups in total. The van der Waals surface area contributed by atoms with Crippen LogP contribution in [0.5, 0.6) is 0 Å². The van der Waals surface area contributed by atoms with Gasteiger partial charge < -0.3 is 5.11 Å². The third kappa shape index (κ3) is 1.60. The predicted octanol–water partition coefficient (Wildman–Crippen LogP) is -0.313. The van der Waals surface area contributed by atoms with Gasteiger partial charge in [0.2, 0.25) is 0 Å². The van der Waals surface area contributed by atoms with Crippen molar-refractivity contribution in [2.24, 2.45) is 7.05 Å². The summed E-state index contributed by atoms with van der Waals surface area (Å²) >= 11 is 0. The Labute approximate surface area is 80.2 Å². The van der Waals surface area contributed by atoms with E-state index in [1.54, 1.807) is 25.5 Å². The Morgan fingerprint density at radius 1 is 1.43 bits per heavy atom. The molecule has 0 aliphatic heterocycles. The van der Waals surface area contributed by atoms with E-state index in [2.05, 4.69) is 20.3 Å². The van der Waals surface area contributed by atoms with Crippen LogP contribution in [0.25, 0.3) is 0 Å². The summed E-state index contributed by atoms with van der Waals surface area (Å²) in [6.45, 7) is 0. The molecule has 2 aromatic heterocycles. The van der Waals surface area contributed by atoms with E-state index in [1.807, 2.05) is 0 Å². The average Bonchev–Trinajstić information content (AvgIpc) is 2.65. The van der Waals surface area contributed by atoms with Gasteiger partial charge in [-0.2, -0.15) is 0 Å². The lowest BCUT2D eigenvalue weighted by atomic mass is 10.2. The Morgan fingerprint density at radius 3 is 2.86 bits per heavy atom. The highest BCUT2D eigenvalue weighted by Crippen LogP contribution is 2.15. The molecule has 0 spiro atoms. The van der Waals surface area contributed by atoms with E-state index in [0.29, 0.717) is 11.4 Å². The fourth-order valence-corrected chi connectivity index (χ4v) is 1.10. The standard InChI is InChI=1S/C8H9N5O/c1-13-4-7(11-12-13)8(14)6-2-3-9-5-10-6/h2-5,8,14H,1H3. The molecular formula is C8H9N5O. The second-order valence-corrected chi connectivity index (χ2v) is 2.85. The lowest BCUT2D eigenvalue weighted by molar-refractivity contribution is 0.210. The third-order valence-corrected chi connectivity index (χ3v) is 1.79. The molecule has 0 saturated carbocycles. The summed E-state index contributed by atoms with van der Waals surface area (Å²) in [5.41, 5.74) is 0.992. The van der Waals surface area contributed by atoms with Crippen molar-refractivity contribution in [1.82, 2.24) is 25.0 Å². The second kappa shape index (κ2) is 3.51. The van der Waals surface area contributed by atoms with Gasteiger partial charge in [-0.25, -0.2) is 9.97 Å². The summed E-state index contributed by atoms with van der Waals surface area (Å²) in [6.07, 6.45) is 3.76. The summed E-state index contributed by atoms with van der Waals surface area (Å²) in [4.78, 5) is 7.69. The van der Waals surface area contributed by atoms with Crippen molar-refractivity contribution in [2.75, 3.05) is 0 Å². The van der Waals surface area contributed by atoms with E-state index in [9.17, 15) is 5.11 Å². The molecule has 0 aliphatic rings. The van der Waals surface area contributed by atoms with E-state index in [1.165, 1.54) is 11.0 Å². The van der Waals surface area contributed by atoms with Crippen LogP contribution in [0.1, 0.15) is 17.5 Å². The topological polar surface area (TPSA) is 76.7 Å². The van der Waals surface area contributed by atoms with Crippen LogP contribution in [0.4, 0.5) is 0 Å². The lowest BCUT2D eigenvalue weighted by Crippen LogP contribution is -2.02. The minimum Gasteiger partial charge on any atom is -0.380 e. The van der Waals surface area contributed by atoms with E-state index in [0.717, 1.165) is 0 Å². The summed E-state index contributed by atoms with van der Waals surface area (Å²) < 4.78 is 1.53. The first-order valence-electron chi connectivity index (χ1n) is 4.07. The number of nitrogens with zero attached hydrogens (tertiary/aromatic N) is 5. The zero-order valence-electron chi connectivity index (χ0n) is 7.57. The Balaban J connectivity index is 2.29. The number of aliphatic hydroxyl groups excluding tert-OH is 1. The van der Waals surface area contributed by atoms with Crippen LogP contribution in [-0.2, 0) is 7.05 Å². The van der Waals surface area contributed by atoms with Crippen molar-refractivity contribution < 1.29 is 5.11 Å². The van der Waals surface area contributed by atoms with Crippen molar-refractivity contribution in [1.29, 1.82) is 0 Å². The van der Waals surface area contributed by atoms with Crippen LogP contribution >= 0.6 is 0 Å². The summed E-state index contributed by atoms with van der Waals surface area (Å²) in [5, 5.41) is 17.3. The highest BCUT2D eigenvalue weighted by molar-refractivity contribution is 5.14. The molecule has 0 aromatic carbocycles. The molecule has 0 fully saturated rings. The van der Waals surface area contributed by atoms with Crippen LogP contribution < -0.4 is 0 Å². The van der Waals surface area contributed by atoms with Crippen molar-refractivity contribution in [2.45, 2.75) is 6.10 Å². The third-order valence-electron chi connectivity index (χ3n) is 1.79. The van der Waals surface area contributed by atoms with Gasteiger partial charge in [0.05, 0.1) is 11.9 Å². The fraction of sp³-hybridized carbons (Fsp3) is 0.250. The molecule has 0 aliphatic carbocycles. The van der Waals surface area contributed by atoms with Crippen LogP contribution in [0.2, 0.25) is 0 Å². The maximum absolute atomic E-state index is 9.80. The maximum atomic E-state index is 9.80. The van der Waals surface area contributed by atoms with E-state index in [-0.39, 0.29) is 0 Å². The van der Waals surface area contributed by atoms with Crippen molar-refractivity contribution in [3.05, 3.63) is 36.2 Å². The van der Waals surface area contributed by atoms with Gasteiger partial charge in [0.15, 0.2) is 0 Å². The van der Waals surface area contributed by atoms with Gasteiger partial charge in [0.1, 0.15) is 18.1 Å². The summed E-state index contributed by atoms with van der Waals surface area (Å²) in [7, 11) is 1.74. The highest BCUT2D eigenvalue weighted by Gasteiger charge is 2.14. The molecule has 0 bridgehead atoms. The normalized spacial score (nSPS) is 12.7. The SMILES string of the molecule is Cn1cc(C(O)c2ccncn2)nn1. The molecule has 1 unspecified atom stereocenters. The van der Waals surface area contributed by atoms with Gasteiger partial charge in [-0.15, -0.1) is 5.10 Å². The van der Waals surface area contributed by atoms with Crippen LogP contribution in [0, 0.1) is 0 Å². The fourth-order valence-electron chi connectivity index (χ4n) is 1.10. The molecule has 6 nitrogen and oxygen atoms in total. The molecule has 72 valence electrons. The van der Waals surface area contributed by atoms with E-state index >= 15 is 0 Å². The van der Waals surface area contributed by atoms with Crippen LogP contribution in [0.3, 0.4) is 0 Å². The lowest BCUT2D eigenvalue weighted by Gasteiger charge is -2.04. The minimum atomic E-state index is -0.841. The number of hydrogen-bond acceptors (Lipinski definition) is 5. The maximum Gasteiger partial charge on any atom is 0.141 e. The van der Waals surface area contributed by atoms with Gasteiger partial charge in [0, 0.05) is 13.2 Å². The summed E-state index contributed by atoms with van der Waals surface area (Å²) in [6, 6.07) is 1.64. The Bertz CT molecular complexity index is 413. The first kappa shape index (κ1) is 8.76. The van der Waals surface area contributed by atoms with Crippen molar-refractivity contribution in [3.63, 3.8) is 0 Å². The van der Waals surface area contributed by atoms with Gasteiger partial charge >= 0.3 is 0 Å². The molecule has 0 saturated heterocycles. The van der Waals surface area contributed by atoms with Crippen LogP contribution in [-0.4, -0.2) is 30.1 Å². The average molecular weight is 191 g/mol. The molecule has 2 aromatic rings. The number of aromatic nitrogens is 5. The van der Waals surface area contributed by atoms with Gasteiger partial charge in [0.25, 0.3) is 0 Å². The largest absolute Gasteiger partial charge is 0.380 e. The first-order chi connectivity index (χ1) is 6.77. The Hall–Kier alpha value is -1.82. The molecule has 1 atom stereocenters. The zero-order valence-corrected chi connectivity index (χ0v) is 7.57.